The summed E-state index contributed by atoms with van der Waals surface area (Å²) in [6, 6.07) is 15.2. The van der Waals surface area contributed by atoms with Gasteiger partial charge >= 0.3 is 0 Å². The van der Waals surface area contributed by atoms with E-state index in [0.717, 1.165) is 5.69 Å². The number of aryl methyl sites for hydroxylation is 2. The molecule has 24 heavy (non-hydrogen) atoms. The van der Waals surface area contributed by atoms with Crippen LogP contribution in [0.3, 0.4) is 0 Å². The minimum Gasteiger partial charge on any atom is -0.356 e. The summed E-state index contributed by atoms with van der Waals surface area (Å²) in [6.45, 7) is 13.0. The summed E-state index contributed by atoms with van der Waals surface area (Å²) in [5, 5.41) is 7.27. The predicted octanol–water partition coefficient (Wildman–Crippen LogP) is 5.65. The molecule has 0 saturated carbocycles. The quantitative estimate of drug-likeness (QED) is 0.706. The topological polar surface area (TPSA) is 24.1 Å². The SMILES string of the molecule is Cc1ccc(NC(=S)N[C@H](C)c2ccc(C(C)(C)C)cc2)cc1C. The number of benzene rings is 2. The highest BCUT2D eigenvalue weighted by atomic mass is 32.1. The molecule has 0 spiro atoms. The van der Waals surface area contributed by atoms with Crippen molar-refractivity contribution >= 4 is 23.0 Å². The summed E-state index contributed by atoms with van der Waals surface area (Å²) in [5.41, 5.74) is 6.31. The smallest absolute Gasteiger partial charge is 0.171 e. The molecule has 0 aromatic heterocycles. The third-order valence-corrected chi connectivity index (χ3v) is 4.61. The van der Waals surface area contributed by atoms with Crippen LogP contribution in [0.4, 0.5) is 5.69 Å². The fourth-order valence-corrected chi connectivity index (χ4v) is 2.83. The monoisotopic (exact) mass is 340 g/mol. The molecular weight excluding hydrogens is 312 g/mol. The number of nitrogens with one attached hydrogen (secondary N) is 2. The Hall–Kier alpha value is -1.87. The maximum absolute atomic E-state index is 5.45. The van der Waals surface area contributed by atoms with Crippen molar-refractivity contribution in [2.45, 2.75) is 53.0 Å². The van der Waals surface area contributed by atoms with Gasteiger partial charge < -0.3 is 10.6 Å². The van der Waals surface area contributed by atoms with Gasteiger partial charge in [-0.3, -0.25) is 0 Å². The lowest BCUT2D eigenvalue weighted by molar-refractivity contribution is 0.589. The van der Waals surface area contributed by atoms with Gasteiger partial charge in [0.2, 0.25) is 0 Å². The first-order chi connectivity index (χ1) is 11.2. The summed E-state index contributed by atoms with van der Waals surface area (Å²) >= 11 is 5.45. The van der Waals surface area contributed by atoms with Crippen LogP contribution in [0.2, 0.25) is 0 Å². The lowest BCUT2D eigenvalue weighted by atomic mass is 9.86. The molecule has 0 fully saturated rings. The maximum atomic E-state index is 5.45. The van der Waals surface area contributed by atoms with Crippen molar-refractivity contribution in [3.8, 4) is 0 Å². The van der Waals surface area contributed by atoms with E-state index in [-0.39, 0.29) is 11.5 Å². The summed E-state index contributed by atoms with van der Waals surface area (Å²) in [5.74, 6) is 0. The van der Waals surface area contributed by atoms with Crippen molar-refractivity contribution in [3.05, 3.63) is 64.7 Å². The van der Waals surface area contributed by atoms with Crippen LogP contribution in [0.25, 0.3) is 0 Å². The predicted molar refractivity (Wildman–Crippen MR) is 109 cm³/mol. The molecule has 2 nitrogen and oxygen atoms in total. The van der Waals surface area contributed by atoms with Crippen LogP contribution >= 0.6 is 12.2 Å². The molecule has 3 heteroatoms. The second-order valence-corrected chi connectivity index (χ2v) is 7.90. The van der Waals surface area contributed by atoms with Crippen molar-refractivity contribution in [1.29, 1.82) is 0 Å². The normalized spacial score (nSPS) is 12.6. The van der Waals surface area contributed by atoms with E-state index in [1.54, 1.807) is 0 Å². The van der Waals surface area contributed by atoms with E-state index in [9.17, 15) is 0 Å². The van der Waals surface area contributed by atoms with Gasteiger partial charge in [0.1, 0.15) is 0 Å². The summed E-state index contributed by atoms with van der Waals surface area (Å²) in [7, 11) is 0. The Kier molecular flexibility index (Phi) is 5.66. The van der Waals surface area contributed by atoms with E-state index >= 15 is 0 Å². The zero-order valence-electron chi connectivity index (χ0n) is 15.5. The molecule has 0 radical (unpaired) electrons. The standard InChI is InChI=1S/C21H28N2S/c1-14-7-12-19(13-15(14)2)23-20(24)22-16(3)17-8-10-18(11-9-17)21(4,5)6/h7-13,16H,1-6H3,(H2,22,23,24)/t16-/m1/s1. The molecule has 0 heterocycles. The van der Waals surface area contributed by atoms with Crippen molar-refractivity contribution in [2.75, 3.05) is 5.32 Å². The first-order valence-electron chi connectivity index (χ1n) is 8.42. The van der Waals surface area contributed by atoms with E-state index < -0.39 is 0 Å². The maximum Gasteiger partial charge on any atom is 0.171 e. The van der Waals surface area contributed by atoms with E-state index in [2.05, 4.69) is 94.6 Å². The minimum atomic E-state index is 0.158. The van der Waals surface area contributed by atoms with Crippen LogP contribution in [-0.4, -0.2) is 5.11 Å². The number of hydrogen-bond donors (Lipinski definition) is 2. The second kappa shape index (κ2) is 7.35. The van der Waals surface area contributed by atoms with Crippen molar-refractivity contribution in [3.63, 3.8) is 0 Å². The van der Waals surface area contributed by atoms with E-state index in [1.807, 2.05) is 0 Å². The fraction of sp³-hybridized carbons (Fsp3) is 0.381. The molecule has 2 aromatic rings. The number of thiocarbonyl (C=S) groups is 1. The summed E-state index contributed by atoms with van der Waals surface area (Å²) in [6.07, 6.45) is 0. The molecule has 2 aromatic carbocycles. The van der Waals surface area contributed by atoms with Crippen LogP contribution in [0.5, 0.6) is 0 Å². The first-order valence-corrected chi connectivity index (χ1v) is 8.83. The molecule has 0 amide bonds. The molecule has 0 aliphatic carbocycles. The molecule has 2 rings (SSSR count). The summed E-state index contributed by atoms with van der Waals surface area (Å²) < 4.78 is 0. The zero-order valence-corrected chi connectivity index (χ0v) is 16.3. The highest BCUT2D eigenvalue weighted by molar-refractivity contribution is 7.80. The van der Waals surface area contributed by atoms with Crippen molar-refractivity contribution < 1.29 is 0 Å². The van der Waals surface area contributed by atoms with Crippen LogP contribution in [0, 0.1) is 13.8 Å². The zero-order chi connectivity index (χ0) is 17.9. The van der Waals surface area contributed by atoms with Crippen molar-refractivity contribution in [2.24, 2.45) is 0 Å². The van der Waals surface area contributed by atoms with Gasteiger partial charge in [0.15, 0.2) is 5.11 Å². The van der Waals surface area contributed by atoms with Gasteiger partial charge in [-0.25, -0.2) is 0 Å². The van der Waals surface area contributed by atoms with Gasteiger partial charge in [0, 0.05) is 5.69 Å². The Bertz CT molecular complexity index is 712. The molecule has 0 bridgehead atoms. The lowest BCUT2D eigenvalue weighted by Crippen LogP contribution is -2.31. The average molecular weight is 341 g/mol. The lowest BCUT2D eigenvalue weighted by Gasteiger charge is -2.21. The number of rotatable bonds is 3. The van der Waals surface area contributed by atoms with Crippen LogP contribution in [0.15, 0.2) is 42.5 Å². The Morgan fingerprint density at radius 1 is 0.958 bits per heavy atom. The third kappa shape index (κ3) is 4.81. The van der Waals surface area contributed by atoms with Crippen LogP contribution in [-0.2, 0) is 5.41 Å². The third-order valence-electron chi connectivity index (χ3n) is 4.39. The van der Waals surface area contributed by atoms with Gasteiger partial charge in [-0.1, -0.05) is 51.1 Å². The van der Waals surface area contributed by atoms with Crippen LogP contribution in [0.1, 0.15) is 56.0 Å². The van der Waals surface area contributed by atoms with E-state index in [0.29, 0.717) is 5.11 Å². The molecule has 2 N–H and O–H groups in total. The van der Waals surface area contributed by atoms with Crippen LogP contribution < -0.4 is 10.6 Å². The first kappa shape index (κ1) is 18.5. The van der Waals surface area contributed by atoms with Gasteiger partial charge in [-0.2, -0.15) is 0 Å². The molecule has 0 saturated heterocycles. The van der Waals surface area contributed by atoms with Crippen molar-refractivity contribution in [1.82, 2.24) is 5.32 Å². The number of hydrogen-bond acceptors (Lipinski definition) is 1. The Morgan fingerprint density at radius 3 is 2.12 bits per heavy atom. The van der Waals surface area contributed by atoms with Gasteiger partial charge in [-0.05, 0) is 72.8 Å². The fourth-order valence-electron chi connectivity index (χ4n) is 2.54. The van der Waals surface area contributed by atoms with Gasteiger partial charge in [0.25, 0.3) is 0 Å². The highest BCUT2D eigenvalue weighted by Gasteiger charge is 2.14. The van der Waals surface area contributed by atoms with Gasteiger partial charge in [-0.15, -0.1) is 0 Å². The summed E-state index contributed by atoms with van der Waals surface area (Å²) in [4.78, 5) is 0. The molecular formula is C21H28N2S. The Balaban J connectivity index is 1.99. The molecule has 128 valence electrons. The minimum absolute atomic E-state index is 0.158. The second-order valence-electron chi connectivity index (χ2n) is 7.49. The molecule has 0 unspecified atom stereocenters. The van der Waals surface area contributed by atoms with E-state index in [1.165, 1.54) is 22.3 Å². The van der Waals surface area contributed by atoms with Gasteiger partial charge in [0.05, 0.1) is 6.04 Å². The molecule has 1 atom stereocenters. The Morgan fingerprint density at radius 2 is 1.58 bits per heavy atom. The molecule has 0 aliphatic rings. The molecule has 0 aliphatic heterocycles. The Labute approximate surface area is 151 Å². The average Bonchev–Trinajstić information content (AvgIpc) is 2.50. The highest BCUT2D eigenvalue weighted by Crippen LogP contribution is 2.24. The largest absolute Gasteiger partial charge is 0.356 e. The number of anilines is 1. The van der Waals surface area contributed by atoms with E-state index in [4.69, 9.17) is 12.2 Å².